The molecule has 0 spiro atoms. The molecule has 112 valence electrons. The van der Waals surface area contributed by atoms with E-state index in [9.17, 15) is 9.59 Å². The van der Waals surface area contributed by atoms with Gasteiger partial charge in [0.05, 0.1) is 12.6 Å². The van der Waals surface area contributed by atoms with Crippen molar-refractivity contribution in [2.75, 3.05) is 19.6 Å². The monoisotopic (exact) mass is 287 g/mol. The zero-order valence-electron chi connectivity index (χ0n) is 12.1. The third-order valence-electron chi connectivity index (χ3n) is 4.38. The molecule has 0 aliphatic carbocycles. The summed E-state index contributed by atoms with van der Waals surface area (Å²) in [5.41, 5.74) is 7.09. The molecule has 3 rings (SSSR count). The minimum Gasteiger partial charge on any atom is -0.336 e. The van der Waals surface area contributed by atoms with E-state index in [1.54, 1.807) is 4.90 Å². The first-order valence-corrected chi connectivity index (χ1v) is 7.53. The molecule has 2 amide bonds. The zero-order chi connectivity index (χ0) is 14.8. The van der Waals surface area contributed by atoms with Crippen molar-refractivity contribution < 1.29 is 9.59 Å². The minimum atomic E-state index is -0.576. The highest BCUT2D eigenvalue weighted by Gasteiger charge is 2.38. The Morgan fingerprint density at radius 3 is 2.86 bits per heavy atom. The Kier molecular flexibility index (Phi) is 3.92. The second-order valence-corrected chi connectivity index (χ2v) is 5.90. The fourth-order valence-electron chi connectivity index (χ4n) is 3.28. The van der Waals surface area contributed by atoms with Gasteiger partial charge in [-0.1, -0.05) is 30.3 Å². The Labute approximate surface area is 124 Å². The lowest BCUT2D eigenvalue weighted by Gasteiger charge is -2.38. The van der Waals surface area contributed by atoms with E-state index in [1.807, 2.05) is 35.2 Å². The molecule has 2 heterocycles. The lowest BCUT2D eigenvalue weighted by atomic mass is 10.0. The van der Waals surface area contributed by atoms with Crippen molar-refractivity contribution >= 4 is 11.8 Å². The molecule has 2 unspecified atom stereocenters. The number of hydrogen-bond acceptors (Lipinski definition) is 3. The molecule has 1 aromatic carbocycles. The number of benzene rings is 1. The molecule has 5 heteroatoms. The summed E-state index contributed by atoms with van der Waals surface area (Å²) in [6.45, 7) is 1.65. The first-order valence-electron chi connectivity index (χ1n) is 7.53. The van der Waals surface area contributed by atoms with Gasteiger partial charge in [-0.3, -0.25) is 9.59 Å². The smallest absolute Gasteiger partial charge is 0.242 e. The van der Waals surface area contributed by atoms with Crippen molar-refractivity contribution in [3.05, 3.63) is 35.9 Å². The maximum Gasteiger partial charge on any atom is 0.242 e. The van der Waals surface area contributed by atoms with E-state index in [0.29, 0.717) is 13.0 Å². The minimum absolute atomic E-state index is 0.0593. The van der Waals surface area contributed by atoms with Gasteiger partial charge < -0.3 is 15.5 Å². The van der Waals surface area contributed by atoms with Gasteiger partial charge in [0.1, 0.15) is 0 Å². The van der Waals surface area contributed by atoms with E-state index in [0.717, 1.165) is 24.9 Å². The SMILES string of the molecule is NC(Cc1ccccc1)C(=O)N1CC(=O)N2CCCC2C1. The lowest BCUT2D eigenvalue weighted by molar-refractivity contribution is -0.147. The van der Waals surface area contributed by atoms with Crippen molar-refractivity contribution in [2.45, 2.75) is 31.3 Å². The average Bonchev–Trinajstić information content (AvgIpc) is 2.96. The summed E-state index contributed by atoms with van der Waals surface area (Å²) in [6.07, 6.45) is 2.54. The molecule has 0 aromatic heterocycles. The Morgan fingerprint density at radius 1 is 1.33 bits per heavy atom. The Hall–Kier alpha value is -1.88. The number of rotatable bonds is 3. The molecule has 2 fully saturated rings. The molecule has 1 aromatic rings. The Morgan fingerprint density at radius 2 is 2.10 bits per heavy atom. The normalized spacial score (nSPS) is 23.1. The molecular weight excluding hydrogens is 266 g/mol. The van der Waals surface area contributed by atoms with Gasteiger partial charge in [0, 0.05) is 19.1 Å². The number of nitrogens with two attached hydrogens (primary N) is 1. The van der Waals surface area contributed by atoms with Crippen LogP contribution < -0.4 is 5.73 Å². The van der Waals surface area contributed by atoms with E-state index < -0.39 is 6.04 Å². The van der Waals surface area contributed by atoms with Crippen LogP contribution >= 0.6 is 0 Å². The Balaban J connectivity index is 1.63. The molecule has 2 saturated heterocycles. The van der Waals surface area contributed by atoms with Gasteiger partial charge in [0.2, 0.25) is 11.8 Å². The summed E-state index contributed by atoms with van der Waals surface area (Å²) in [7, 11) is 0. The van der Waals surface area contributed by atoms with Crippen molar-refractivity contribution in [1.29, 1.82) is 0 Å². The highest BCUT2D eigenvalue weighted by Crippen LogP contribution is 2.22. The van der Waals surface area contributed by atoms with Crippen LogP contribution in [0.15, 0.2) is 30.3 Å². The van der Waals surface area contributed by atoms with E-state index >= 15 is 0 Å². The topological polar surface area (TPSA) is 66.6 Å². The van der Waals surface area contributed by atoms with Crippen molar-refractivity contribution in [3.63, 3.8) is 0 Å². The number of piperazine rings is 1. The molecular formula is C16H21N3O2. The second kappa shape index (κ2) is 5.85. The van der Waals surface area contributed by atoms with Gasteiger partial charge >= 0.3 is 0 Å². The van der Waals surface area contributed by atoms with Crippen LogP contribution in [0.4, 0.5) is 0 Å². The largest absolute Gasteiger partial charge is 0.336 e. The summed E-state index contributed by atoms with van der Waals surface area (Å²) in [5.74, 6) is -0.0530. The van der Waals surface area contributed by atoms with Crippen LogP contribution in [-0.4, -0.2) is 53.3 Å². The van der Waals surface area contributed by atoms with Crippen molar-refractivity contribution in [1.82, 2.24) is 9.80 Å². The summed E-state index contributed by atoms with van der Waals surface area (Å²) in [5, 5.41) is 0. The van der Waals surface area contributed by atoms with Gasteiger partial charge in [0.15, 0.2) is 0 Å². The molecule has 0 bridgehead atoms. The molecule has 21 heavy (non-hydrogen) atoms. The number of carbonyl (C=O) groups is 2. The first kappa shape index (κ1) is 14.1. The highest BCUT2D eigenvalue weighted by molar-refractivity contribution is 5.89. The number of carbonyl (C=O) groups excluding carboxylic acids is 2. The second-order valence-electron chi connectivity index (χ2n) is 5.90. The number of nitrogens with zero attached hydrogens (tertiary/aromatic N) is 2. The van der Waals surface area contributed by atoms with Gasteiger partial charge in [-0.25, -0.2) is 0 Å². The molecule has 2 N–H and O–H groups in total. The zero-order valence-corrected chi connectivity index (χ0v) is 12.1. The highest BCUT2D eigenvalue weighted by atomic mass is 16.2. The first-order chi connectivity index (χ1) is 10.1. The average molecular weight is 287 g/mol. The van der Waals surface area contributed by atoms with Gasteiger partial charge in [-0.2, -0.15) is 0 Å². The fraction of sp³-hybridized carbons (Fsp3) is 0.500. The number of fused-ring (bicyclic) bond motifs is 1. The van der Waals surface area contributed by atoms with E-state index in [-0.39, 0.29) is 24.4 Å². The van der Waals surface area contributed by atoms with E-state index in [1.165, 1.54) is 0 Å². The summed E-state index contributed by atoms with van der Waals surface area (Å²) >= 11 is 0. The number of hydrogen-bond donors (Lipinski definition) is 1. The molecule has 0 radical (unpaired) electrons. The van der Waals surface area contributed by atoms with Gasteiger partial charge in [-0.05, 0) is 24.8 Å². The predicted octanol–water partition coefficient (Wildman–Crippen LogP) is 0.390. The van der Waals surface area contributed by atoms with Crippen LogP contribution in [0.5, 0.6) is 0 Å². The molecule has 2 aliphatic heterocycles. The third kappa shape index (κ3) is 2.93. The van der Waals surface area contributed by atoms with Crippen LogP contribution in [0.25, 0.3) is 0 Å². The molecule has 2 atom stereocenters. The molecule has 5 nitrogen and oxygen atoms in total. The summed E-state index contributed by atoms with van der Waals surface area (Å²) < 4.78 is 0. The van der Waals surface area contributed by atoms with Crippen LogP contribution in [0, 0.1) is 0 Å². The van der Waals surface area contributed by atoms with Crippen molar-refractivity contribution in [3.8, 4) is 0 Å². The van der Waals surface area contributed by atoms with Gasteiger partial charge in [0.25, 0.3) is 0 Å². The molecule has 2 aliphatic rings. The fourth-order valence-corrected chi connectivity index (χ4v) is 3.28. The maximum atomic E-state index is 12.5. The van der Waals surface area contributed by atoms with E-state index in [4.69, 9.17) is 5.73 Å². The van der Waals surface area contributed by atoms with Crippen LogP contribution in [0.2, 0.25) is 0 Å². The lowest BCUT2D eigenvalue weighted by Crippen LogP contribution is -2.58. The quantitative estimate of drug-likeness (QED) is 0.874. The maximum absolute atomic E-state index is 12.5. The summed E-state index contributed by atoms with van der Waals surface area (Å²) in [6, 6.07) is 9.36. The Bertz CT molecular complexity index is 532. The van der Waals surface area contributed by atoms with Crippen LogP contribution in [0.3, 0.4) is 0 Å². The summed E-state index contributed by atoms with van der Waals surface area (Å²) in [4.78, 5) is 28.1. The number of amides is 2. The van der Waals surface area contributed by atoms with Crippen LogP contribution in [0.1, 0.15) is 18.4 Å². The molecule has 0 saturated carbocycles. The third-order valence-corrected chi connectivity index (χ3v) is 4.38. The van der Waals surface area contributed by atoms with Gasteiger partial charge in [-0.15, -0.1) is 0 Å². The predicted molar refractivity (Wildman–Crippen MR) is 79.4 cm³/mol. The van der Waals surface area contributed by atoms with Crippen molar-refractivity contribution in [2.24, 2.45) is 5.73 Å². The van der Waals surface area contributed by atoms with Crippen LogP contribution in [-0.2, 0) is 16.0 Å². The van der Waals surface area contributed by atoms with E-state index in [2.05, 4.69) is 0 Å². The standard InChI is InChI=1S/C16H21N3O2/c17-14(9-12-5-2-1-3-6-12)16(21)18-10-13-7-4-8-19(13)15(20)11-18/h1-3,5-6,13-14H,4,7-11,17H2.